The van der Waals surface area contributed by atoms with Gasteiger partial charge in [-0.25, -0.2) is 9.37 Å². The Balaban J connectivity index is 1.30. The zero-order chi connectivity index (χ0) is 21.5. The third-order valence-electron chi connectivity index (χ3n) is 6.11. The number of ether oxygens (including phenoxy) is 1. The van der Waals surface area contributed by atoms with Gasteiger partial charge in [-0.3, -0.25) is 4.79 Å². The largest absolute Gasteiger partial charge is 0.491 e. The molecule has 1 amide bonds. The van der Waals surface area contributed by atoms with Gasteiger partial charge in [-0.2, -0.15) is 0 Å². The van der Waals surface area contributed by atoms with Crippen molar-refractivity contribution in [3.05, 3.63) is 52.0 Å². The summed E-state index contributed by atoms with van der Waals surface area (Å²) in [4.78, 5) is 18.6. The number of carbonyl (C=O) groups excluding carboxylic acids is 1. The van der Waals surface area contributed by atoms with Crippen LogP contribution >= 0.6 is 11.3 Å². The summed E-state index contributed by atoms with van der Waals surface area (Å²) in [5.74, 6) is 0.484. The maximum absolute atomic E-state index is 14.3. The number of nitrogen functional groups attached to an aromatic ring is 1. The molecule has 1 saturated heterocycles. The van der Waals surface area contributed by atoms with Gasteiger partial charge in [0.2, 0.25) is 0 Å². The number of thiophene rings is 1. The first-order valence-corrected chi connectivity index (χ1v) is 11.4. The lowest BCUT2D eigenvalue weighted by molar-refractivity contribution is 0.0920. The monoisotopic (exact) mass is 440 g/mol. The number of pyridine rings is 1. The maximum atomic E-state index is 14.3. The van der Waals surface area contributed by atoms with Gasteiger partial charge in [-0.1, -0.05) is 12.1 Å². The van der Waals surface area contributed by atoms with E-state index in [0.717, 1.165) is 45.8 Å². The third kappa shape index (κ3) is 3.85. The molecule has 4 heterocycles. The number of hydrogen-bond acceptors (Lipinski definition) is 6. The SMILES string of the molecule is Cc1ccc2c(N)c(C(=O)N[C@H]3COc4cc([C@H]5CCNC[C@H]5F)ccc4C3)sc2n1. The molecule has 0 spiro atoms. The van der Waals surface area contributed by atoms with Crippen LogP contribution in [0.3, 0.4) is 0 Å². The predicted octanol–water partition coefficient (Wildman–Crippen LogP) is 3.34. The highest BCUT2D eigenvalue weighted by atomic mass is 32.1. The van der Waals surface area contributed by atoms with E-state index >= 15 is 0 Å². The fourth-order valence-corrected chi connectivity index (χ4v) is 5.46. The van der Waals surface area contributed by atoms with Crippen molar-refractivity contribution in [2.75, 3.05) is 25.4 Å². The second kappa shape index (κ2) is 8.09. The van der Waals surface area contributed by atoms with E-state index in [1.807, 2.05) is 37.3 Å². The highest BCUT2D eigenvalue weighted by Crippen LogP contribution is 2.35. The van der Waals surface area contributed by atoms with Crippen molar-refractivity contribution < 1.29 is 13.9 Å². The van der Waals surface area contributed by atoms with Crippen molar-refractivity contribution in [3.63, 3.8) is 0 Å². The predicted molar refractivity (Wildman–Crippen MR) is 121 cm³/mol. The molecule has 31 heavy (non-hydrogen) atoms. The lowest BCUT2D eigenvalue weighted by Gasteiger charge is -2.30. The van der Waals surface area contributed by atoms with E-state index in [9.17, 15) is 9.18 Å². The van der Waals surface area contributed by atoms with Gasteiger partial charge >= 0.3 is 0 Å². The first-order chi connectivity index (χ1) is 15.0. The minimum absolute atomic E-state index is 0.0965. The maximum Gasteiger partial charge on any atom is 0.263 e. The van der Waals surface area contributed by atoms with Crippen LogP contribution in [0.1, 0.15) is 38.8 Å². The molecule has 8 heteroatoms. The molecular weight excluding hydrogens is 415 g/mol. The van der Waals surface area contributed by atoms with Gasteiger partial charge in [0.25, 0.3) is 5.91 Å². The fourth-order valence-electron chi connectivity index (χ4n) is 4.42. The number of nitrogens with one attached hydrogen (secondary N) is 2. The number of aryl methyl sites for hydroxylation is 1. The van der Waals surface area contributed by atoms with E-state index in [-0.39, 0.29) is 17.9 Å². The molecule has 1 aromatic carbocycles. The summed E-state index contributed by atoms with van der Waals surface area (Å²) < 4.78 is 20.3. The van der Waals surface area contributed by atoms with Crippen molar-refractivity contribution in [2.45, 2.75) is 37.9 Å². The Morgan fingerprint density at radius 3 is 3.06 bits per heavy atom. The Bertz CT molecular complexity index is 1150. The molecule has 2 aromatic heterocycles. The number of carbonyl (C=O) groups is 1. The molecule has 2 aliphatic rings. The standard InChI is InChI=1S/C23H25FN4O2S/c1-12-2-5-17-20(25)21(31-23(17)27-12)22(29)28-15-8-14-4-3-13(9-19(14)30-11-15)16-6-7-26-10-18(16)24/h2-5,9,15-16,18,26H,6-8,10-11,25H2,1H3,(H,28,29)/t15-,16-,18-/m1/s1. The van der Waals surface area contributed by atoms with Crippen molar-refractivity contribution in [1.82, 2.24) is 15.6 Å². The van der Waals surface area contributed by atoms with Crippen LogP contribution in [0.2, 0.25) is 0 Å². The van der Waals surface area contributed by atoms with E-state index in [1.54, 1.807) is 0 Å². The number of nitrogens with two attached hydrogens (primary N) is 1. The molecule has 3 atom stereocenters. The van der Waals surface area contributed by atoms with Crippen LogP contribution in [0, 0.1) is 6.92 Å². The number of piperidine rings is 1. The first-order valence-electron chi connectivity index (χ1n) is 10.6. The number of rotatable bonds is 3. The van der Waals surface area contributed by atoms with Crippen LogP contribution in [0.5, 0.6) is 5.75 Å². The van der Waals surface area contributed by atoms with Crippen molar-refractivity contribution in [3.8, 4) is 5.75 Å². The number of benzene rings is 1. The molecule has 5 rings (SSSR count). The minimum atomic E-state index is -0.882. The number of hydrogen-bond donors (Lipinski definition) is 3. The molecule has 0 saturated carbocycles. The van der Waals surface area contributed by atoms with Crippen LogP contribution in [0.15, 0.2) is 30.3 Å². The first kappa shape index (κ1) is 20.2. The summed E-state index contributed by atoms with van der Waals surface area (Å²) in [6.07, 6.45) is 0.561. The smallest absolute Gasteiger partial charge is 0.263 e. The van der Waals surface area contributed by atoms with Crippen molar-refractivity contribution >= 4 is 33.1 Å². The van der Waals surface area contributed by atoms with E-state index in [1.165, 1.54) is 11.3 Å². The molecule has 6 nitrogen and oxygen atoms in total. The number of fused-ring (bicyclic) bond motifs is 2. The van der Waals surface area contributed by atoms with Crippen LogP contribution in [0.25, 0.3) is 10.2 Å². The van der Waals surface area contributed by atoms with Gasteiger partial charge in [0, 0.05) is 23.5 Å². The Morgan fingerprint density at radius 2 is 2.23 bits per heavy atom. The van der Waals surface area contributed by atoms with Crippen molar-refractivity contribution in [2.24, 2.45) is 0 Å². The Morgan fingerprint density at radius 1 is 1.35 bits per heavy atom. The average molecular weight is 441 g/mol. The molecule has 1 fully saturated rings. The number of halogens is 1. The highest BCUT2D eigenvalue weighted by Gasteiger charge is 2.29. The van der Waals surface area contributed by atoms with Gasteiger partial charge in [-0.15, -0.1) is 11.3 Å². The summed E-state index contributed by atoms with van der Waals surface area (Å²) in [6, 6.07) is 9.60. The number of amides is 1. The third-order valence-corrected chi connectivity index (χ3v) is 7.22. The van der Waals surface area contributed by atoms with E-state index in [0.29, 0.717) is 30.1 Å². The summed E-state index contributed by atoms with van der Waals surface area (Å²) in [6.45, 7) is 3.51. The van der Waals surface area contributed by atoms with Crippen LogP contribution in [0.4, 0.5) is 10.1 Å². The highest BCUT2D eigenvalue weighted by molar-refractivity contribution is 7.21. The summed E-state index contributed by atoms with van der Waals surface area (Å²) in [5, 5.41) is 6.95. The molecule has 2 aliphatic heterocycles. The van der Waals surface area contributed by atoms with Crippen molar-refractivity contribution in [1.29, 1.82) is 0 Å². The van der Waals surface area contributed by atoms with Gasteiger partial charge < -0.3 is 21.1 Å². The molecular formula is C23H25FN4O2S. The van der Waals surface area contributed by atoms with Gasteiger partial charge in [-0.05, 0) is 55.6 Å². The zero-order valence-corrected chi connectivity index (χ0v) is 18.1. The van der Waals surface area contributed by atoms with Gasteiger partial charge in [0.15, 0.2) is 0 Å². The second-order valence-corrected chi connectivity index (χ2v) is 9.32. The topological polar surface area (TPSA) is 89.3 Å². The molecule has 162 valence electrons. The zero-order valence-electron chi connectivity index (χ0n) is 17.3. The fraction of sp³-hybridized carbons (Fsp3) is 0.391. The van der Waals surface area contributed by atoms with Gasteiger partial charge in [0.1, 0.15) is 28.2 Å². The summed E-state index contributed by atoms with van der Waals surface area (Å²) in [5.41, 5.74) is 9.57. The number of alkyl halides is 1. The molecule has 3 aromatic rings. The Labute approximate surface area is 184 Å². The second-order valence-electron chi connectivity index (χ2n) is 8.32. The lowest BCUT2D eigenvalue weighted by Crippen LogP contribution is -2.42. The van der Waals surface area contributed by atoms with E-state index in [2.05, 4.69) is 15.6 Å². The minimum Gasteiger partial charge on any atom is -0.491 e. The summed E-state index contributed by atoms with van der Waals surface area (Å²) >= 11 is 1.31. The van der Waals surface area contributed by atoms with Crippen LogP contribution < -0.4 is 21.1 Å². The van der Waals surface area contributed by atoms with Crippen LogP contribution in [-0.2, 0) is 6.42 Å². The number of anilines is 1. The molecule has 0 unspecified atom stereocenters. The van der Waals surface area contributed by atoms with Gasteiger partial charge in [0.05, 0.1) is 11.7 Å². The van der Waals surface area contributed by atoms with E-state index < -0.39 is 6.17 Å². The molecule has 4 N–H and O–H groups in total. The van der Waals surface area contributed by atoms with E-state index in [4.69, 9.17) is 10.5 Å². The lowest BCUT2D eigenvalue weighted by atomic mass is 9.87. The molecule has 0 radical (unpaired) electrons. The Kier molecular flexibility index (Phi) is 5.27. The quantitative estimate of drug-likeness (QED) is 0.581. The van der Waals surface area contributed by atoms with Crippen LogP contribution in [-0.4, -0.2) is 42.8 Å². The number of aromatic nitrogens is 1. The number of nitrogens with zero attached hydrogens (tertiary/aromatic N) is 1. The average Bonchev–Trinajstić information content (AvgIpc) is 3.09. The Hall–Kier alpha value is -2.71. The normalized spacial score (nSPS) is 23.2. The molecule has 0 aliphatic carbocycles. The summed E-state index contributed by atoms with van der Waals surface area (Å²) in [7, 11) is 0. The molecule has 0 bridgehead atoms.